The molecule has 0 saturated carbocycles. The van der Waals surface area contributed by atoms with Gasteiger partial charge in [-0.05, 0) is 31.5 Å². The molecule has 0 rings (SSSR count). The summed E-state index contributed by atoms with van der Waals surface area (Å²) in [4.78, 5) is 2.37. The first kappa shape index (κ1) is 20.6. The van der Waals surface area contributed by atoms with Gasteiger partial charge in [0.15, 0.2) is 5.11 Å². The highest BCUT2D eigenvalue weighted by Gasteiger charge is 2.08. The summed E-state index contributed by atoms with van der Waals surface area (Å²) in [6.07, 6.45) is 11.4. The Kier molecular flexibility index (Phi) is 15.8. The molecule has 21 heavy (non-hydrogen) atoms. The average molecular weight is 317 g/mol. The van der Waals surface area contributed by atoms with Crippen molar-refractivity contribution in [2.45, 2.75) is 71.6 Å². The van der Waals surface area contributed by atoms with Crippen LogP contribution in [0.4, 0.5) is 0 Å². The summed E-state index contributed by atoms with van der Waals surface area (Å²) in [5.41, 5.74) is 0. The SMILES string of the molecule is CCCCCCN(CCCCCC)C(=S)NCCCOC. The van der Waals surface area contributed by atoms with Crippen molar-refractivity contribution in [1.82, 2.24) is 10.2 Å². The van der Waals surface area contributed by atoms with Crippen molar-refractivity contribution >= 4 is 17.3 Å². The van der Waals surface area contributed by atoms with E-state index < -0.39 is 0 Å². The zero-order valence-electron chi connectivity index (χ0n) is 14.5. The fourth-order valence-electron chi connectivity index (χ4n) is 2.30. The monoisotopic (exact) mass is 316 g/mol. The lowest BCUT2D eigenvalue weighted by Gasteiger charge is -2.26. The molecular formula is C17H36N2OS. The van der Waals surface area contributed by atoms with Gasteiger partial charge in [-0.1, -0.05) is 52.4 Å². The van der Waals surface area contributed by atoms with Gasteiger partial charge in [0.1, 0.15) is 0 Å². The zero-order valence-corrected chi connectivity index (χ0v) is 15.3. The first-order chi connectivity index (χ1) is 10.3. The number of hydrogen-bond acceptors (Lipinski definition) is 2. The second kappa shape index (κ2) is 16.0. The number of hydrogen-bond donors (Lipinski definition) is 1. The Labute approximate surface area is 137 Å². The predicted octanol–water partition coefficient (Wildman–Crippen LogP) is 4.36. The highest BCUT2D eigenvalue weighted by Crippen LogP contribution is 2.06. The van der Waals surface area contributed by atoms with E-state index in [0.717, 1.165) is 37.8 Å². The number of methoxy groups -OCH3 is 1. The van der Waals surface area contributed by atoms with E-state index in [0.29, 0.717) is 0 Å². The first-order valence-electron chi connectivity index (χ1n) is 8.77. The van der Waals surface area contributed by atoms with Crippen LogP contribution in [0.2, 0.25) is 0 Å². The van der Waals surface area contributed by atoms with Crippen molar-refractivity contribution in [1.29, 1.82) is 0 Å². The number of unbranched alkanes of at least 4 members (excludes halogenated alkanes) is 6. The minimum absolute atomic E-state index is 0.794. The van der Waals surface area contributed by atoms with Crippen molar-refractivity contribution in [2.75, 3.05) is 33.4 Å². The van der Waals surface area contributed by atoms with Gasteiger partial charge in [0.05, 0.1) is 0 Å². The van der Waals surface area contributed by atoms with Crippen molar-refractivity contribution < 1.29 is 4.74 Å². The second-order valence-corrected chi connectivity index (χ2v) is 6.07. The third kappa shape index (κ3) is 13.1. The lowest BCUT2D eigenvalue weighted by molar-refractivity contribution is 0.195. The molecule has 0 aromatic rings. The van der Waals surface area contributed by atoms with Crippen LogP contribution in [0.5, 0.6) is 0 Å². The molecular weight excluding hydrogens is 280 g/mol. The molecule has 4 heteroatoms. The van der Waals surface area contributed by atoms with Crippen molar-refractivity contribution in [3.63, 3.8) is 0 Å². The van der Waals surface area contributed by atoms with Crippen LogP contribution < -0.4 is 5.32 Å². The topological polar surface area (TPSA) is 24.5 Å². The Balaban J connectivity index is 3.98. The Bertz CT molecular complexity index is 225. The molecule has 0 aliphatic rings. The van der Waals surface area contributed by atoms with E-state index in [1.807, 2.05) is 0 Å². The molecule has 0 amide bonds. The zero-order chi connectivity index (χ0) is 15.8. The fraction of sp³-hybridized carbons (Fsp3) is 0.941. The molecule has 0 atom stereocenters. The molecule has 0 heterocycles. The van der Waals surface area contributed by atoms with E-state index in [2.05, 4.69) is 24.1 Å². The molecule has 0 aliphatic carbocycles. The standard InChI is InChI=1S/C17H36N2OS/c1-4-6-8-10-14-19(15-11-9-7-5-2)17(21)18-13-12-16-20-3/h4-16H2,1-3H3,(H,18,21). The minimum Gasteiger partial charge on any atom is -0.385 e. The number of thiocarbonyl (C=S) groups is 1. The Morgan fingerprint density at radius 2 is 1.48 bits per heavy atom. The summed E-state index contributed by atoms with van der Waals surface area (Å²) in [7, 11) is 1.74. The smallest absolute Gasteiger partial charge is 0.168 e. The predicted molar refractivity (Wildman–Crippen MR) is 97.0 cm³/mol. The molecule has 0 bridgehead atoms. The molecule has 0 radical (unpaired) electrons. The molecule has 0 unspecified atom stereocenters. The molecule has 0 aromatic carbocycles. The van der Waals surface area contributed by atoms with Crippen LogP contribution in [-0.2, 0) is 4.74 Å². The van der Waals surface area contributed by atoms with Crippen LogP contribution in [0.15, 0.2) is 0 Å². The van der Waals surface area contributed by atoms with Crippen LogP contribution in [0, 0.1) is 0 Å². The Morgan fingerprint density at radius 3 is 1.95 bits per heavy atom. The van der Waals surface area contributed by atoms with Gasteiger partial charge in [0.25, 0.3) is 0 Å². The quantitative estimate of drug-likeness (QED) is 0.380. The van der Waals surface area contributed by atoms with Crippen LogP contribution >= 0.6 is 12.2 Å². The van der Waals surface area contributed by atoms with Crippen LogP contribution in [-0.4, -0.2) is 43.4 Å². The van der Waals surface area contributed by atoms with E-state index in [1.165, 1.54) is 51.4 Å². The van der Waals surface area contributed by atoms with Crippen molar-refractivity contribution in [3.05, 3.63) is 0 Å². The summed E-state index contributed by atoms with van der Waals surface area (Å²) < 4.78 is 5.07. The summed E-state index contributed by atoms with van der Waals surface area (Å²) in [5.74, 6) is 0. The van der Waals surface area contributed by atoms with E-state index in [4.69, 9.17) is 17.0 Å². The molecule has 0 fully saturated rings. The summed E-state index contributed by atoms with van der Waals surface area (Å²) in [6.45, 7) is 8.41. The molecule has 126 valence electrons. The molecule has 0 saturated heterocycles. The maximum atomic E-state index is 5.56. The Morgan fingerprint density at radius 1 is 0.905 bits per heavy atom. The highest BCUT2D eigenvalue weighted by atomic mass is 32.1. The maximum Gasteiger partial charge on any atom is 0.168 e. The van der Waals surface area contributed by atoms with Gasteiger partial charge in [0, 0.05) is 33.4 Å². The first-order valence-corrected chi connectivity index (χ1v) is 9.18. The van der Waals surface area contributed by atoms with Gasteiger partial charge in [-0.15, -0.1) is 0 Å². The van der Waals surface area contributed by atoms with Gasteiger partial charge in [-0.3, -0.25) is 0 Å². The van der Waals surface area contributed by atoms with E-state index >= 15 is 0 Å². The molecule has 0 aromatic heterocycles. The fourth-order valence-corrected chi connectivity index (χ4v) is 2.58. The third-order valence-corrected chi connectivity index (χ3v) is 4.05. The van der Waals surface area contributed by atoms with Crippen molar-refractivity contribution in [2.24, 2.45) is 0 Å². The molecule has 3 nitrogen and oxygen atoms in total. The van der Waals surface area contributed by atoms with Crippen LogP contribution in [0.3, 0.4) is 0 Å². The molecule has 1 N–H and O–H groups in total. The number of rotatable bonds is 14. The maximum absolute atomic E-state index is 5.56. The molecule has 0 spiro atoms. The van der Waals surface area contributed by atoms with E-state index in [-0.39, 0.29) is 0 Å². The number of ether oxygens (including phenoxy) is 1. The van der Waals surface area contributed by atoms with Gasteiger partial charge in [-0.25, -0.2) is 0 Å². The third-order valence-electron chi connectivity index (χ3n) is 3.65. The van der Waals surface area contributed by atoms with E-state index in [9.17, 15) is 0 Å². The summed E-state index contributed by atoms with van der Waals surface area (Å²) >= 11 is 5.56. The second-order valence-electron chi connectivity index (χ2n) is 5.69. The van der Waals surface area contributed by atoms with E-state index in [1.54, 1.807) is 7.11 Å². The van der Waals surface area contributed by atoms with Gasteiger partial charge < -0.3 is 15.0 Å². The summed E-state index contributed by atoms with van der Waals surface area (Å²) in [5, 5.41) is 4.31. The largest absolute Gasteiger partial charge is 0.385 e. The highest BCUT2D eigenvalue weighted by molar-refractivity contribution is 7.80. The van der Waals surface area contributed by atoms with Crippen molar-refractivity contribution in [3.8, 4) is 0 Å². The average Bonchev–Trinajstić information content (AvgIpc) is 2.49. The normalized spacial score (nSPS) is 10.6. The lowest BCUT2D eigenvalue weighted by atomic mass is 10.2. The Hall–Kier alpha value is -0.350. The van der Waals surface area contributed by atoms with Gasteiger partial charge >= 0.3 is 0 Å². The van der Waals surface area contributed by atoms with Crippen LogP contribution in [0.25, 0.3) is 0 Å². The lowest BCUT2D eigenvalue weighted by Crippen LogP contribution is -2.41. The minimum atomic E-state index is 0.794. The van der Waals surface area contributed by atoms with Crippen LogP contribution in [0.1, 0.15) is 71.6 Å². The summed E-state index contributed by atoms with van der Waals surface area (Å²) in [6, 6.07) is 0. The number of nitrogens with zero attached hydrogens (tertiary/aromatic N) is 1. The molecule has 0 aliphatic heterocycles. The van der Waals surface area contributed by atoms with Gasteiger partial charge in [0.2, 0.25) is 0 Å². The number of nitrogens with one attached hydrogen (secondary N) is 1. The van der Waals surface area contributed by atoms with Gasteiger partial charge in [-0.2, -0.15) is 0 Å².